The molecule has 2 saturated heterocycles. The first-order chi connectivity index (χ1) is 19.8. The van der Waals surface area contributed by atoms with Gasteiger partial charge in [-0.15, -0.1) is 0 Å². The normalized spacial score (nSPS) is 18.2. The number of nitrogens with one attached hydrogen (secondary N) is 2. The van der Waals surface area contributed by atoms with Gasteiger partial charge in [-0.3, -0.25) is 19.4 Å². The summed E-state index contributed by atoms with van der Waals surface area (Å²) in [5.41, 5.74) is 0.948. The number of likely N-dealkylation sites (tertiary alicyclic amines) is 1. The van der Waals surface area contributed by atoms with Crippen LogP contribution in [0.4, 0.5) is 4.39 Å². The summed E-state index contributed by atoms with van der Waals surface area (Å²) in [5.74, 6) is -1.47. The molecule has 1 aromatic carbocycles. The Bertz CT molecular complexity index is 1280. The molecule has 2 aliphatic rings. The Morgan fingerprint density at radius 2 is 2.02 bits per heavy atom. The van der Waals surface area contributed by atoms with Crippen molar-refractivity contribution in [3.05, 3.63) is 59.2 Å². The lowest BCUT2D eigenvalue weighted by Crippen LogP contribution is -2.46. The number of ether oxygens (including phenoxy) is 1. The highest BCUT2D eigenvalue weighted by atomic mass is 19.1. The Hall–Kier alpha value is -4.04. The SMILES string of the molecule is N#Cc1cc(COc2cncc([C@@H](CC(=O)O)NC(=O)[C@H]3CCCN(C(=O)CCC4CCNCC4)C3)c2)ccc1F. The topological polar surface area (TPSA) is 145 Å². The molecule has 2 amide bonds. The van der Waals surface area contributed by atoms with Gasteiger partial charge < -0.3 is 25.4 Å². The summed E-state index contributed by atoms with van der Waals surface area (Å²) in [4.78, 5) is 43.7. The van der Waals surface area contributed by atoms with E-state index in [4.69, 9.17) is 10.00 Å². The van der Waals surface area contributed by atoms with Gasteiger partial charge in [-0.25, -0.2) is 4.39 Å². The lowest BCUT2D eigenvalue weighted by molar-refractivity contribution is -0.138. The van der Waals surface area contributed by atoms with Gasteiger partial charge in [0.25, 0.3) is 0 Å². The molecule has 0 radical (unpaired) electrons. The van der Waals surface area contributed by atoms with Gasteiger partial charge in [0.05, 0.1) is 30.1 Å². The zero-order valence-corrected chi connectivity index (χ0v) is 23.0. The number of rotatable bonds is 11. The molecule has 1 aromatic heterocycles. The summed E-state index contributed by atoms with van der Waals surface area (Å²) in [6, 6.07) is 6.64. The van der Waals surface area contributed by atoms with Crippen LogP contribution in [0, 0.1) is 29.0 Å². The number of nitriles is 1. The summed E-state index contributed by atoms with van der Waals surface area (Å²) in [6.45, 7) is 2.97. The molecule has 2 fully saturated rings. The summed E-state index contributed by atoms with van der Waals surface area (Å²) >= 11 is 0. The number of carbonyl (C=O) groups is 3. The van der Waals surface area contributed by atoms with Crippen LogP contribution in [0.5, 0.6) is 5.75 Å². The van der Waals surface area contributed by atoms with Crippen LogP contribution in [0.25, 0.3) is 0 Å². The molecule has 2 atom stereocenters. The number of benzene rings is 1. The monoisotopic (exact) mass is 565 g/mol. The van der Waals surface area contributed by atoms with Crippen LogP contribution in [-0.2, 0) is 21.0 Å². The van der Waals surface area contributed by atoms with E-state index >= 15 is 0 Å². The number of aliphatic carboxylic acids is 1. The van der Waals surface area contributed by atoms with Gasteiger partial charge in [-0.1, -0.05) is 6.07 Å². The molecular formula is C30H36FN5O5. The second kappa shape index (κ2) is 14.6. The molecule has 2 aromatic rings. The number of carboxylic acid groups (broad SMARTS) is 1. The highest BCUT2D eigenvalue weighted by Gasteiger charge is 2.31. The minimum absolute atomic E-state index is 0.0413. The van der Waals surface area contributed by atoms with Gasteiger partial charge in [-0.05, 0) is 80.4 Å². The van der Waals surface area contributed by atoms with E-state index in [1.165, 1.54) is 30.6 Å². The van der Waals surface area contributed by atoms with E-state index in [1.54, 1.807) is 17.0 Å². The van der Waals surface area contributed by atoms with E-state index in [1.807, 2.05) is 0 Å². The third kappa shape index (κ3) is 8.72. The van der Waals surface area contributed by atoms with E-state index in [2.05, 4.69) is 15.6 Å². The Morgan fingerprint density at radius 1 is 1.22 bits per heavy atom. The number of pyridine rings is 1. The number of piperidine rings is 2. The van der Waals surface area contributed by atoms with Gasteiger partial charge in [0, 0.05) is 25.7 Å². The van der Waals surface area contributed by atoms with Gasteiger partial charge in [-0.2, -0.15) is 5.26 Å². The van der Waals surface area contributed by atoms with Crippen molar-refractivity contribution in [2.24, 2.45) is 11.8 Å². The fraction of sp³-hybridized carbons (Fsp3) is 0.500. The van der Waals surface area contributed by atoms with Crippen molar-refractivity contribution < 1.29 is 28.6 Å². The van der Waals surface area contributed by atoms with Crippen molar-refractivity contribution in [2.45, 2.75) is 57.6 Å². The fourth-order valence-electron chi connectivity index (χ4n) is 5.41. The van der Waals surface area contributed by atoms with Crippen LogP contribution in [-0.4, -0.2) is 59.0 Å². The molecule has 41 heavy (non-hydrogen) atoms. The van der Waals surface area contributed by atoms with Crippen molar-refractivity contribution in [3.63, 3.8) is 0 Å². The predicted octanol–water partition coefficient (Wildman–Crippen LogP) is 3.32. The van der Waals surface area contributed by atoms with Crippen molar-refractivity contribution in [1.82, 2.24) is 20.5 Å². The van der Waals surface area contributed by atoms with E-state index in [0.717, 1.165) is 32.4 Å². The summed E-state index contributed by atoms with van der Waals surface area (Å²) in [6.07, 6.45) is 7.41. The molecule has 0 unspecified atom stereocenters. The largest absolute Gasteiger partial charge is 0.487 e. The maximum absolute atomic E-state index is 13.6. The number of hydrogen-bond donors (Lipinski definition) is 3. The first-order valence-electron chi connectivity index (χ1n) is 14.1. The predicted molar refractivity (Wildman–Crippen MR) is 147 cm³/mol. The summed E-state index contributed by atoms with van der Waals surface area (Å²) in [5, 5.41) is 24.8. The second-order valence-corrected chi connectivity index (χ2v) is 10.7. The maximum atomic E-state index is 13.6. The van der Waals surface area contributed by atoms with E-state index in [-0.39, 0.29) is 30.4 Å². The molecule has 2 aliphatic heterocycles. The zero-order chi connectivity index (χ0) is 29.2. The van der Waals surface area contributed by atoms with Crippen LogP contribution < -0.4 is 15.4 Å². The molecule has 4 rings (SSSR count). The molecule has 0 aliphatic carbocycles. The molecule has 0 bridgehead atoms. The molecule has 0 spiro atoms. The van der Waals surface area contributed by atoms with Crippen molar-refractivity contribution in [2.75, 3.05) is 26.2 Å². The third-order valence-corrected chi connectivity index (χ3v) is 7.76. The van der Waals surface area contributed by atoms with Gasteiger partial charge in [0.1, 0.15) is 24.2 Å². The molecule has 218 valence electrons. The Balaban J connectivity index is 1.36. The van der Waals surface area contributed by atoms with E-state index < -0.39 is 23.7 Å². The lowest BCUT2D eigenvalue weighted by atomic mass is 9.92. The average molecular weight is 566 g/mol. The van der Waals surface area contributed by atoms with E-state index in [0.29, 0.717) is 55.1 Å². The van der Waals surface area contributed by atoms with E-state index in [9.17, 15) is 23.9 Å². The first kappa shape index (κ1) is 29.9. The standard InChI is InChI=1S/C30H36FN5O5/c31-26-5-3-21(12-23(26)15-32)19-41-25-13-24(16-34-17-25)27(14-29(38)39)35-30(40)22-2-1-11-36(18-22)28(37)6-4-20-7-9-33-10-8-20/h3,5,12-13,16-17,20,22,27,33H,1-2,4,6-11,14,18-19H2,(H,35,40)(H,38,39)/t22-,27+/m0/s1. The number of hydrogen-bond acceptors (Lipinski definition) is 7. The Morgan fingerprint density at radius 3 is 2.78 bits per heavy atom. The van der Waals surface area contributed by atoms with Crippen LogP contribution in [0.2, 0.25) is 0 Å². The molecule has 11 heteroatoms. The molecular weight excluding hydrogens is 529 g/mol. The Labute approximate surface area is 238 Å². The smallest absolute Gasteiger partial charge is 0.305 e. The first-order valence-corrected chi connectivity index (χ1v) is 14.1. The van der Waals surface area contributed by atoms with Crippen LogP contribution in [0.3, 0.4) is 0 Å². The molecule has 3 heterocycles. The quantitative estimate of drug-likeness (QED) is 0.376. The number of carboxylic acids is 1. The highest BCUT2D eigenvalue weighted by Crippen LogP contribution is 2.25. The minimum Gasteiger partial charge on any atom is -0.487 e. The third-order valence-electron chi connectivity index (χ3n) is 7.76. The zero-order valence-electron chi connectivity index (χ0n) is 23.0. The average Bonchev–Trinajstić information content (AvgIpc) is 2.99. The number of halogens is 1. The molecule has 10 nitrogen and oxygen atoms in total. The molecule has 3 N–H and O–H groups in total. The summed E-state index contributed by atoms with van der Waals surface area (Å²) in [7, 11) is 0. The van der Waals surface area contributed by atoms with Gasteiger partial charge >= 0.3 is 5.97 Å². The van der Waals surface area contributed by atoms with Gasteiger partial charge in [0.15, 0.2) is 0 Å². The van der Waals surface area contributed by atoms with Crippen molar-refractivity contribution in [1.29, 1.82) is 5.26 Å². The Kier molecular flexibility index (Phi) is 10.6. The van der Waals surface area contributed by atoms with Crippen molar-refractivity contribution >= 4 is 17.8 Å². The van der Waals surface area contributed by atoms with Crippen LogP contribution >= 0.6 is 0 Å². The minimum atomic E-state index is -1.09. The second-order valence-electron chi connectivity index (χ2n) is 10.7. The number of carbonyl (C=O) groups excluding carboxylic acids is 2. The van der Waals surface area contributed by atoms with Gasteiger partial charge in [0.2, 0.25) is 11.8 Å². The number of aromatic nitrogens is 1. The molecule has 0 saturated carbocycles. The lowest BCUT2D eigenvalue weighted by Gasteiger charge is -2.33. The van der Waals surface area contributed by atoms with Crippen LogP contribution in [0.1, 0.15) is 67.7 Å². The maximum Gasteiger partial charge on any atom is 0.305 e. The van der Waals surface area contributed by atoms with Crippen molar-refractivity contribution in [3.8, 4) is 11.8 Å². The summed E-state index contributed by atoms with van der Waals surface area (Å²) < 4.78 is 19.4. The number of amides is 2. The number of nitrogens with zero attached hydrogens (tertiary/aromatic N) is 3. The fourth-order valence-corrected chi connectivity index (χ4v) is 5.41. The highest BCUT2D eigenvalue weighted by molar-refractivity contribution is 5.82. The van der Waals surface area contributed by atoms with Crippen LogP contribution in [0.15, 0.2) is 36.7 Å².